The van der Waals surface area contributed by atoms with Crippen molar-refractivity contribution in [3.8, 4) is 35.8 Å². The van der Waals surface area contributed by atoms with Crippen molar-refractivity contribution in [2.24, 2.45) is 0 Å². The van der Waals surface area contributed by atoms with E-state index in [1.54, 1.807) is 6.08 Å². The van der Waals surface area contributed by atoms with Gasteiger partial charge in [0.1, 0.15) is 54.7 Å². The summed E-state index contributed by atoms with van der Waals surface area (Å²) in [6.45, 7) is 29.5. The lowest BCUT2D eigenvalue weighted by Gasteiger charge is -2.39. The molecule has 1 saturated carbocycles. The minimum atomic E-state index is -0.0340. The number of piperazine rings is 2. The summed E-state index contributed by atoms with van der Waals surface area (Å²) in [6, 6.07) is 48.2. The monoisotopic (exact) mass is 1790 g/mol. The second kappa shape index (κ2) is 40.2. The molecule has 7 atom stereocenters. The van der Waals surface area contributed by atoms with Crippen LogP contribution in [-0.2, 0) is 53.3 Å². The van der Waals surface area contributed by atoms with Gasteiger partial charge in [0.2, 0.25) is 35.4 Å². The molecular weight excluding hydrogens is 1660 g/mol. The lowest BCUT2D eigenvalue weighted by atomic mass is 9.96. The molecule has 692 valence electrons. The third-order valence-corrected chi connectivity index (χ3v) is 30.6. The third kappa shape index (κ3) is 18.8. The number of hydrogen-bond acceptors (Lipinski definition) is 22. The molecule has 11 aliphatic rings. The van der Waals surface area contributed by atoms with E-state index in [9.17, 15) is 30.2 Å². The number of carbonyl (C=O) groups is 3. The van der Waals surface area contributed by atoms with E-state index < -0.39 is 0 Å². The summed E-state index contributed by atoms with van der Waals surface area (Å²) in [5, 5.41) is 39.3. The van der Waals surface area contributed by atoms with Gasteiger partial charge >= 0.3 is 0 Å². The van der Waals surface area contributed by atoms with Gasteiger partial charge in [0.05, 0.1) is 65.9 Å². The lowest BCUT2D eigenvalue weighted by molar-refractivity contribution is -0.127. The van der Waals surface area contributed by atoms with Crippen molar-refractivity contribution >= 4 is 84.2 Å². The minimum Gasteiger partial charge on any atom is -0.475 e. The van der Waals surface area contributed by atoms with Gasteiger partial charge in [-0.2, -0.15) is 15.8 Å². The number of hydrogen-bond donors (Lipinski definition) is 0. The number of likely N-dealkylation sites (tertiary alicyclic amines) is 5. The number of fused-ring (bicyclic) bond motifs is 7. The van der Waals surface area contributed by atoms with Crippen LogP contribution in [0.5, 0.6) is 17.6 Å². The summed E-state index contributed by atoms with van der Waals surface area (Å²) in [5.74, 6) is 1.35. The highest BCUT2D eigenvalue weighted by Crippen LogP contribution is 2.48. The molecule has 9 aromatic rings. The molecule has 0 spiro atoms. The third-order valence-electron chi connectivity index (χ3n) is 30.6. The van der Waals surface area contributed by atoms with Gasteiger partial charge in [-0.3, -0.25) is 19.3 Å². The normalized spacial score (nSPS) is 22.1. The average Bonchev–Trinajstić information content (AvgIpc) is 1.59. The summed E-state index contributed by atoms with van der Waals surface area (Å²) in [6.07, 6.45) is 21.9. The molecule has 133 heavy (non-hydrogen) atoms. The fourth-order valence-corrected chi connectivity index (χ4v) is 22.9. The number of likely N-dealkylation sites (N-methyl/N-ethyl adjacent to an activating group) is 5. The molecule has 1 aliphatic carbocycles. The number of aromatic nitrogens is 3. The minimum absolute atomic E-state index is 0.00913. The molecule has 0 N–H and O–H groups in total. The van der Waals surface area contributed by atoms with Crippen LogP contribution in [0.15, 0.2) is 147 Å². The molecule has 10 aliphatic heterocycles. The van der Waals surface area contributed by atoms with E-state index in [2.05, 4.69) is 252 Å². The van der Waals surface area contributed by atoms with E-state index in [0.29, 0.717) is 144 Å². The number of benzene rings is 6. The number of carbonyl (C=O) groups excluding carboxylic acids is 3. The molecule has 0 radical (unpaired) electrons. The van der Waals surface area contributed by atoms with Gasteiger partial charge in [-0.15, -0.1) is 0 Å². The standard InChI is InChI=1S/C38H47N7O2.C36H44N6O2.C34H38N6O2/c1-27-8-4-9-28-10-5-13-34(36(27)28)45-19-16-31-33(25-45)40-38(47-26-30-12-7-18-42(30)3)32(24-39)37(31)44-22-20-43(21-23-44)35(46)15-14-29-11-6-17-41(29)2;1-5-33(43)42-19-7-6-14-27(22-42)40(4)35-29-17-20-41(32-16-9-13-26-12-8-11-25(2)34(26)32)23-31(29)38-36(30(35)21-37)44-24-28-15-10-18-39(28)3;1-4-31(41)39-16-17-40(30-18-29(30)39)33-25-13-15-38(28-12-6-10-23-9-5-8-22(2)32(23)28)20-27(25)36-34(26(33)19-35)42-21-24-11-7-14-37(24)3/h4-5,8-10,13-15,29-30H,6-7,11-12,16-23,25-26H2,1-3H3;5,8-9,11-13,16,27-28H,1,6-7,10,14-15,17-20,22-24H2,2-4H3;4-6,8-10,12,24,29-30H,1,7,11,13-18,20-21H2,2-3H3/b15-14-;;/t29?,30-;27-,28-;24-,29?,30?/m000/s1. The van der Waals surface area contributed by atoms with Crippen molar-refractivity contribution in [1.29, 1.82) is 15.8 Å². The molecule has 25 nitrogen and oxygen atoms in total. The van der Waals surface area contributed by atoms with Crippen LogP contribution in [-0.4, -0.2) is 262 Å². The number of aryl methyl sites for hydroxylation is 3. The number of rotatable bonds is 20. The van der Waals surface area contributed by atoms with Gasteiger partial charge in [-0.05, 0) is 235 Å². The van der Waals surface area contributed by atoms with E-state index in [4.69, 9.17) is 29.2 Å². The Balaban J connectivity index is 0.000000134. The van der Waals surface area contributed by atoms with Crippen LogP contribution in [0.3, 0.4) is 0 Å². The maximum Gasteiger partial charge on any atom is 0.246 e. The van der Waals surface area contributed by atoms with Crippen LogP contribution in [0.1, 0.15) is 144 Å². The van der Waals surface area contributed by atoms with Crippen LogP contribution in [0, 0.1) is 54.8 Å². The van der Waals surface area contributed by atoms with Crippen molar-refractivity contribution in [3.63, 3.8) is 0 Å². The smallest absolute Gasteiger partial charge is 0.246 e. The second-order valence-electron chi connectivity index (χ2n) is 38.6. The molecule has 8 fully saturated rings. The summed E-state index contributed by atoms with van der Waals surface area (Å²) >= 11 is 0. The zero-order valence-corrected chi connectivity index (χ0v) is 79.1. The second-order valence-corrected chi connectivity index (χ2v) is 38.6. The highest BCUT2D eigenvalue weighted by molar-refractivity contribution is 6.00. The van der Waals surface area contributed by atoms with Gasteiger partial charge in [0.15, 0.2) is 0 Å². The van der Waals surface area contributed by atoms with Crippen LogP contribution in [0.2, 0.25) is 0 Å². The van der Waals surface area contributed by atoms with E-state index in [0.717, 1.165) is 193 Å². The van der Waals surface area contributed by atoms with Crippen molar-refractivity contribution in [1.82, 2.24) is 49.3 Å². The predicted octanol–water partition coefficient (Wildman–Crippen LogP) is 14.6. The highest BCUT2D eigenvalue weighted by atomic mass is 16.5. The van der Waals surface area contributed by atoms with E-state index in [-0.39, 0.29) is 35.8 Å². The summed E-state index contributed by atoms with van der Waals surface area (Å²) in [7, 11) is 10.6. The Labute approximate surface area is 784 Å². The Bertz CT molecular complexity index is 6050. The quantitative estimate of drug-likeness (QED) is 0.0645. The Morgan fingerprint density at radius 3 is 1.33 bits per heavy atom. The predicted molar refractivity (Wildman–Crippen MR) is 528 cm³/mol. The Kier molecular flexibility index (Phi) is 27.6. The SMILES string of the molecule is C=CC(=O)N1CCCC[C@H](N(C)c2c(C#N)c(OC[C@@H]3CCCN3C)nc3c2CCN(c2cccc4cccc(C)c24)C3)C1.C=CC(=O)N1CCN(c2c(C#N)c(OC[C@@H]3CCCN3C)nc3c2CCN(c2cccc4cccc(C)c24)C3)C2CC21.Cc1cccc2cccc(N3CCc4c(nc(OC[C@@H]5CCCN5C)c(C#N)c4N4CCN(C(=O)/C=C\C5CCCN5C)CC4)C3)c12. The van der Waals surface area contributed by atoms with Crippen LogP contribution in [0.4, 0.5) is 34.1 Å². The maximum absolute atomic E-state index is 13.2. The molecule has 7 saturated heterocycles. The molecular formula is C108H129N19O6. The summed E-state index contributed by atoms with van der Waals surface area (Å²) < 4.78 is 19.4. The molecule has 13 heterocycles. The van der Waals surface area contributed by atoms with E-state index in [1.807, 2.05) is 14.7 Å². The van der Waals surface area contributed by atoms with Crippen molar-refractivity contribution < 1.29 is 28.6 Å². The number of nitrogens with zero attached hydrogens (tertiary/aromatic N) is 19. The fourth-order valence-electron chi connectivity index (χ4n) is 22.9. The molecule has 25 heteroatoms. The number of ether oxygens (including phenoxy) is 3. The maximum atomic E-state index is 13.2. The first-order valence-electron chi connectivity index (χ1n) is 48.6. The van der Waals surface area contributed by atoms with Crippen LogP contribution in [0.25, 0.3) is 32.3 Å². The summed E-state index contributed by atoms with van der Waals surface area (Å²) in [5.41, 5.74) is 18.2. The lowest BCUT2D eigenvalue weighted by Crippen LogP contribution is -2.49. The molecule has 3 amide bonds. The topological polar surface area (TPSA) is 231 Å². The van der Waals surface area contributed by atoms with Gasteiger partial charge < -0.3 is 73.0 Å². The Hall–Kier alpha value is -12.3. The van der Waals surface area contributed by atoms with Crippen molar-refractivity contribution in [3.05, 3.63) is 214 Å². The van der Waals surface area contributed by atoms with Gasteiger partial charge in [0, 0.05) is 165 Å². The average molecular weight is 1790 g/mol. The molecule has 20 rings (SSSR count). The number of pyridine rings is 3. The van der Waals surface area contributed by atoms with Crippen LogP contribution < -0.4 is 43.6 Å². The molecule has 0 bridgehead atoms. The highest BCUT2D eigenvalue weighted by Gasteiger charge is 2.52. The van der Waals surface area contributed by atoms with E-state index >= 15 is 0 Å². The summed E-state index contributed by atoms with van der Waals surface area (Å²) in [4.78, 5) is 82.9. The van der Waals surface area contributed by atoms with E-state index in [1.165, 1.54) is 84.6 Å². The zero-order chi connectivity index (χ0) is 92.2. The fraction of sp³-hybridized carbons (Fsp3) is 0.472. The number of anilines is 6. The first kappa shape index (κ1) is 91.2. The largest absolute Gasteiger partial charge is 0.475 e. The Morgan fingerprint density at radius 2 is 0.880 bits per heavy atom. The van der Waals surface area contributed by atoms with Crippen molar-refractivity contribution in [2.75, 3.05) is 183 Å². The Morgan fingerprint density at radius 1 is 0.444 bits per heavy atom. The van der Waals surface area contributed by atoms with Gasteiger partial charge in [-0.1, -0.05) is 110 Å². The first-order chi connectivity index (χ1) is 64.8. The van der Waals surface area contributed by atoms with Gasteiger partial charge in [-0.25, -0.2) is 15.0 Å². The molecule has 6 aromatic carbocycles. The first-order valence-corrected chi connectivity index (χ1v) is 48.6. The molecule has 3 unspecified atom stereocenters. The number of nitriles is 3. The number of amides is 3. The molecule has 3 aromatic heterocycles. The van der Waals surface area contributed by atoms with Crippen LogP contribution >= 0.6 is 0 Å². The van der Waals surface area contributed by atoms with Crippen molar-refractivity contribution in [2.45, 2.75) is 179 Å². The van der Waals surface area contributed by atoms with Gasteiger partial charge in [0.25, 0.3) is 0 Å². The zero-order valence-electron chi connectivity index (χ0n) is 79.1.